The number of carbonyl (C=O) groups excluding carboxylic acids is 1. The Balaban J connectivity index is 0. The van der Waals surface area contributed by atoms with Crippen molar-refractivity contribution in [1.29, 1.82) is 0 Å². The molecule has 0 aliphatic carbocycles. The highest BCUT2D eigenvalue weighted by molar-refractivity contribution is 5.84. The van der Waals surface area contributed by atoms with Crippen LogP contribution in [0.3, 0.4) is 0 Å². The monoisotopic (exact) mass is 228 g/mol. The summed E-state index contributed by atoms with van der Waals surface area (Å²) in [7, 11) is 0. The molecule has 0 saturated heterocycles. The van der Waals surface area contributed by atoms with Gasteiger partial charge in [-0.1, -0.05) is 26.8 Å². The molecule has 2 atom stereocenters. The van der Waals surface area contributed by atoms with Gasteiger partial charge in [0, 0.05) is 7.97 Å². The minimum atomic E-state index is -0.469. The fourth-order valence-corrected chi connectivity index (χ4v) is 1.23. The molecule has 3 nitrogen and oxygen atoms in total. The molecule has 0 aromatic rings. The highest BCUT2D eigenvalue weighted by Gasteiger charge is 2.29. The first-order valence-corrected chi connectivity index (χ1v) is 5.99. The molecule has 0 radical (unpaired) electrons. The fraction of sp³-hybridized carbons (Fsp3) is 0.769. The number of nitrogens with two attached hydrogens (primary N) is 1. The fourth-order valence-electron chi connectivity index (χ4n) is 1.23. The van der Waals surface area contributed by atoms with Crippen LogP contribution in [0.5, 0.6) is 0 Å². The van der Waals surface area contributed by atoms with Crippen LogP contribution in [0.25, 0.3) is 0 Å². The van der Waals surface area contributed by atoms with Crippen LogP contribution in [0.1, 0.15) is 42.0 Å². The van der Waals surface area contributed by atoms with E-state index in [0.29, 0.717) is 13.1 Å². The molecule has 0 aromatic heterocycles. The van der Waals surface area contributed by atoms with Crippen LogP contribution >= 0.6 is 0 Å². The average molecular weight is 228 g/mol. The normalized spacial score (nSPS) is 18.3. The number of hydrogen-bond acceptors (Lipinski definition) is 2. The zero-order valence-corrected chi connectivity index (χ0v) is 11.1. The molecule has 0 saturated carbocycles. The van der Waals surface area contributed by atoms with E-state index in [1.165, 1.54) is 0 Å². The number of hydrogen-bond donors (Lipinski definition) is 2. The largest absolute Gasteiger partial charge is 0.355 e. The van der Waals surface area contributed by atoms with Crippen LogP contribution in [0.15, 0.2) is 12.7 Å². The van der Waals surface area contributed by atoms with Gasteiger partial charge in [0.1, 0.15) is 0 Å². The van der Waals surface area contributed by atoms with Gasteiger partial charge in [-0.2, -0.15) is 0 Å². The zero-order valence-electron chi connectivity index (χ0n) is 11.1. The molecule has 3 heteroatoms. The summed E-state index contributed by atoms with van der Waals surface area (Å²) < 4.78 is 0. The lowest BCUT2D eigenvalue weighted by Crippen LogP contribution is -2.44. The Labute approximate surface area is 101 Å². The van der Waals surface area contributed by atoms with Crippen molar-refractivity contribution in [3.05, 3.63) is 12.7 Å². The Hall–Kier alpha value is -0.830. The maximum atomic E-state index is 12.0. The maximum absolute atomic E-state index is 12.0. The predicted octanol–water partition coefficient (Wildman–Crippen LogP) is 2.33. The molecule has 3 N–H and O–H groups in total. The van der Waals surface area contributed by atoms with Gasteiger partial charge >= 0.3 is 0 Å². The highest BCUT2D eigenvalue weighted by Crippen LogP contribution is 2.23. The Morgan fingerprint density at radius 3 is 2.31 bits per heavy atom. The van der Waals surface area contributed by atoms with E-state index in [0.717, 1.165) is 12.8 Å². The summed E-state index contributed by atoms with van der Waals surface area (Å²) in [6.07, 6.45) is 3.43. The molecule has 0 bridgehead atoms. The third kappa shape index (κ3) is 3.63. The van der Waals surface area contributed by atoms with E-state index in [-0.39, 0.29) is 12.7 Å². The van der Waals surface area contributed by atoms with Gasteiger partial charge in [-0.15, -0.1) is 6.58 Å². The van der Waals surface area contributed by atoms with E-state index in [4.69, 9.17) is 5.73 Å². The second-order valence-corrected chi connectivity index (χ2v) is 5.03. The van der Waals surface area contributed by atoms with E-state index >= 15 is 0 Å². The van der Waals surface area contributed by atoms with Crippen LogP contribution in [0.2, 0.25) is 0 Å². The standard InChI is InChI=1S/C13H26N2O.H2/c1-6-12(4,9-14)10-15-11(16)13(5,7-2)8-3;/h7H,2,6,8-10,14H2,1,3-5H3,(H,15,16);1H. The lowest BCUT2D eigenvalue weighted by molar-refractivity contribution is -0.128. The number of rotatable bonds is 7. The van der Waals surface area contributed by atoms with Crippen molar-refractivity contribution in [2.45, 2.75) is 40.5 Å². The van der Waals surface area contributed by atoms with Crippen molar-refractivity contribution in [1.82, 2.24) is 5.32 Å². The Morgan fingerprint density at radius 1 is 1.44 bits per heavy atom. The lowest BCUT2D eigenvalue weighted by atomic mass is 9.84. The van der Waals surface area contributed by atoms with Crippen molar-refractivity contribution < 1.29 is 6.22 Å². The smallest absolute Gasteiger partial charge is 0.229 e. The molecule has 0 aliphatic rings. The van der Waals surface area contributed by atoms with Crippen molar-refractivity contribution in [2.75, 3.05) is 13.1 Å². The molecule has 0 spiro atoms. The molecular weight excluding hydrogens is 200 g/mol. The summed E-state index contributed by atoms with van der Waals surface area (Å²) in [4.78, 5) is 12.0. The van der Waals surface area contributed by atoms with Crippen LogP contribution < -0.4 is 11.1 Å². The van der Waals surface area contributed by atoms with E-state index in [1.54, 1.807) is 6.08 Å². The van der Waals surface area contributed by atoms with Gasteiger partial charge in [-0.3, -0.25) is 4.79 Å². The summed E-state index contributed by atoms with van der Waals surface area (Å²) in [5.74, 6) is 0.0399. The van der Waals surface area contributed by atoms with E-state index in [1.807, 2.05) is 13.8 Å². The minimum absolute atomic E-state index is 0. The topological polar surface area (TPSA) is 55.1 Å². The Kier molecular flexibility index (Phi) is 5.73. The molecule has 2 unspecified atom stereocenters. The van der Waals surface area contributed by atoms with Gasteiger partial charge in [0.05, 0.1) is 5.41 Å². The second-order valence-electron chi connectivity index (χ2n) is 5.03. The average Bonchev–Trinajstić information content (AvgIpc) is 2.34. The van der Waals surface area contributed by atoms with Gasteiger partial charge in [-0.05, 0) is 31.7 Å². The van der Waals surface area contributed by atoms with Crippen LogP contribution in [-0.2, 0) is 4.79 Å². The number of amides is 1. The first-order chi connectivity index (χ1) is 7.37. The van der Waals surface area contributed by atoms with E-state index in [9.17, 15) is 4.79 Å². The van der Waals surface area contributed by atoms with Crippen molar-refractivity contribution in [3.8, 4) is 0 Å². The Morgan fingerprint density at radius 2 is 2.00 bits per heavy atom. The van der Waals surface area contributed by atoms with Gasteiger partial charge in [0.15, 0.2) is 0 Å². The first-order valence-electron chi connectivity index (χ1n) is 5.99. The zero-order chi connectivity index (χ0) is 12.8. The number of nitrogens with one attached hydrogen (secondary N) is 1. The SMILES string of the molecule is C=CC(C)(CC)C(=O)NCC(C)(CC)CN.[HH]. The summed E-state index contributed by atoms with van der Waals surface area (Å²) in [6.45, 7) is 13.0. The predicted molar refractivity (Wildman–Crippen MR) is 71.2 cm³/mol. The minimum Gasteiger partial charge on any atom is -0.355 e. The molecule has 0 heterocycles. The van der Waals surface area contributed by atoms with E-state index in [2.05, 4.69) is 25.7 Å². The van der Waals surface area contributed by atoms with Gasteiger partial charge in [0.2, 0.25) is 5.91 Å². The summed E-state index contributed by atoms with van der Waals surface area (Å²) in [5, 5.41) is 2.98. The van der Waals surface area contributed by atoms with Gasteiger partial charge in [-0.25, -0.2) is 0 Å². The molecule has 96 valence electrons. The molecule has 16 heavy (non-hydrogen) atoms. The summed E-state index contributed by atoms with van der Waals surface area (Å²) in [5.41, 5.74) is 5.23. The van der Waals surface area contributed by atoms with Crippen LogP contribution in [0, 0.1) is 10.8 Å². The van der Waals surface area contributed by atoms with Crippen molar-refractivity contribution >= 4 is 5.91 Å². The summed E-state index contributed by atoms with van der Waals surface area (Å²) in [6, 6.07) is 0. The number of carbonyl (C=O) groups is 1. The van der Waals surface area contributed by atoms with E-state index < -0.39 is 5.41 Å². The summed E-state index contributed by atoms with van der Waals surface area (Å²) >= 11 is 0. The first kappa shape index (κ1) is 15.2. The third-order valence-corrected chi connectivity index (χ3v) is 3.73. The molecular formula is C13H28N2O. The van der Waals surface area contributed by atoms with Crippen molar-refractivity contribution in [3.63, 3.8) is 0 Å². The third-order valence-electron chi connectivity index (χ3n) is 3.73. The molecule has 1 amide bonds. The highest BCUT2D eigenvalue weighted by atomic mass is 16.2. The van der Waals surface area contributed by atoms with Gasteiger partial charge in [0.25, 0.3) is 0 Å². The maximum Gasteiger partial charge on any atom is 0.229 e. The van der Waals surface area contributed by atoms with Crippen molar-refractivity contribution in [2.24, 2.45) is 16.6 Å². The quantitative estimate of drug-likeness (QED) is 0.657. The second kappa shape index (κ2) is 6.04. The molecule has 0 aromatic carbocycles. The van der Waals surface area contributed by atoms with Crippen LogP contribution in [-0.4, -0.2) is 19.0 Å². The molecule has 0 aliphatic heterocycles. The van der Waals surface area contributed by atoms with Crippen LogP contribution in [0.4, 0.5) is 0 Å². The Bertz CT molecular complexity index is 252. The van der Waals surface area contributed by atoms with Gasteiger partial charge < -0.3 is 11.1 Å². The lowest BCUT2D eigenvalue weighted by Gasteiger charge is -2.30. The molecule has 0 fully saturated rings. The molecule has 0 rings (SSSR count).